The summed E-state index contributed by atoms with van der Waals surface area (Å²) in [6.07, 6.45) is 2.94. The van der Waals surface area contributed by atoms with E-state index < -0.39 is 5.60 Å². The topological polar surface area (TPSA) is 61.4 Å². The normalized spacial score (nSPS) is 18.8. The van der Waals surface area contributed by atoms with Crippen molar-refractivity contribution in [2.45, 2.75) is 45.1 Å². The Bertz CT molecular complexity index is 849. The zero-order valence-electron chi connectivity index (χ0n) is 17.3. The fraction of sp³-hybridized carbons (Fsp3) is 0.458. The summed E-state index contributed by atoms with van der Waals surface area (Å²) in [5.41, 5.74) is 1.77. The van der Waals surface area contributed by atoms with Crippen LogP contribution in [0.2, 0.25) is 0 Å². The lowest BCUT2D eigenvalue weighted by atomic mass is 9.72. The Morgan fingerprint density at radius 3 is 2.79 bits per heavy atom. The monoisotopic (exact) mass is 398 g/mol. The van der Waals surface area contributed by atoms with Gasteiger partial charge < -0.3 is 15.7 Å². The second-order valence-electron chi connectivity index (χ2n) is 8.09. The molecule has 29 heavy (non-hydrogen) atoms. The maximum absolute atomic E-state index is 15.1. The predicted octanol–water partition coefficient (Wildman–Crippen LogP) is 3.90. The van der Waals surface area contributed by atoms with Gasteiger partial charge in [-0.2, -0.15) is 0 Å². The first-order chi connectivity index (χ1) is 13.9. The van der Waals surface area contributed by atoms with E-state index in [-0.39, 0.29) is 17.6 Å². The maximum Gasteiger partial charge on any atom is 0.216 e. The summed E-state index contributed by atoms with van der Waals surface area (Å²) in [6, 6.07) is 12.7. The highest BCUT2D eigenvalue weighted by atomic mass is 19.1. The molecule has 0 bridgehead atoms. The molecule has 0 aliphatic carbocycles. The van der Waals surface area contributed by atoms with E-state index in [2.05, 4.69) is 10.6 Å². The van der Waals surface area contributed by atoms with Crippen LogP contribution in [0.1, 0.15) is 43.7 Å². The number of rotatable bonds is 7. The number of piperidine rings is 1. The fourth-order valence-electron chi connectivity index (χ4n) is 4.42. The molecule has 4 nitrogen and oxygen atoms in total. The highest BCUT2D eigenvalue weighted by molar-refractivity contribution is 5.72. The predicted molar refractivity (Wildman–Crippen MR) is 114 cm³/mol. The van der Waals surface area contributed by atoms with Gasteiger partial charge in [0.25, 0.3) is 0 Å². The van der Waals surface area contributed by atoms with Crippen LogP contribution in [0.25, 0.3) is 11.1 Å². The van der Waals surface area contributed by atoms with Gasteiger partial charge in [-0.25, -0.2) is 4.39 Å². The highest BCUT2D eigenvalue weighted by Gasteiger charge is 2.40. The first-order valence-corrected chi connectivity index (χ1v) is 10.5. The third kappa shape index (κ3) is 5.03. The number of hydrogen-bond acceptors (Lipinski definition) is 3. The second kappa shape index (κ2) is 9.51. The molecule has 1 heterocycles. The Hall–Kier alpha value is -2.24. The number of carbonyl (C=O) groups is 1. The van der Waals surface area contributed by atoms with Crippen LogP contribution in [0.15, 0.2) is 42.5 Å². The Labute approximate surface area is 172 Å². The number of carbonyl (C=O) groups excluding carboxylic acids is 1. The third-order valence-corrected chi connectivity index (χ3v) is 5.87. The Kier molecular flexibility index (Phi) is 7.04. The van der Waals surface area contributed by atoms with E-state index in [1.54, 1.807) is 6.07 Å². The zero-order valence-corrected chi connectivity index (χ0v) is 17.3. The van der Waals surface area contributed by atoms with Gasteiger partial charge in [0.05, 0.1) is 5.60 Å². The molecule has 2 atom stereocenters. The van der Waals surface area contributed by atoms with Crippen molar-refractivity contribution in [3.05, 3.63) is 59.4 Å². The van der Waals surface area contributed by atoms with Crippen LogP contribution >= 0.6 is 0 Å². The maximum atomic E-state index is 15.1. The minimum Gasteiger partial charge on any atom is -0.385 e. The molecule has 5 heteroatoms. The third-order valence-electron chi connectivity index (χ3n) is 5.87. The van der Waals surface area contributed by atoms with E-state index in [0.29, 0.717) is 37.1 Å². The average Bonchev–Trinajstić information content (AvgIpc) is 2.71. The molecule has 1 amide bonds. The van der Waals surface area contributed by atoms with Gasteiger partial charge in [-0.3, -0.25) is 4.79 Å². The molecule has 3 N–H and O–H groups in total. The van der Waals surface area contributed by atoms with Gasteiger partial charge in [0.15, 0.2) is 0 Å². The first-order valence-electron chi connectivity index (χ1n) is 10.5. The molecular formula is C24H31FN2O2. The summed E-state index contributed by atoms with van der Waals surface area (Å²) < 4.78 is 15.1. The number of benzene rings is 2. The molecular weight excluding hydrogens is 367 g/mol. The Balaban J connectivity index is 2.03. The van der Waals surface area contributed by atoms with E-state index in [1.807, 2.05) is 37.3 Å². The van der Waals surface area contributed by atoms with E-state index in [1.165, 1.54) is 13.0 Å². The van der Waals surface area contributed by atoms with Crippen molar-refractivity contribution in [2.75, 3.05) is 19.6 Å². The number of halogens is 1. The van der Waals surface area contributed by atoms with Crippen LogP contribution in [0.3, 0.4) is 0 Å². The molecule has 1 aliphatic heterocycles. The van der Waals surface area contributed by atoms with Crippen molar-refractivity contribution in [1.82, 2.24) is 10.6 Å². The van der Waals surface area contributed by atoms with E-state index in [9.17, 15) is 9.90 Å². The molecule has 2 unspecified atom stereocenters. The molecule has 1 fully saturated rings. The number of hydrogen-bond donors (Lipinski definition) is 3. The minimum atomic E-state index is -1.17. The largest absolute Gasteiger partial charge is 0.385 e. The average molecular weight is 399 g/mol. The summed E-state index contributed by atoms with van der Waals surface area (Å²) in [5, 5.41) is 18.2. The Morgan fingerprint density at radius 2 is 2.10 bits per heavy atom. The molecule has 156 valence electrons. The van der Waals surface area contributed by atoms with Crippen molar-refractivity contribution < 1.29 is 14.3 Å². The summed E-state index contributed by atoms with van der Waals surface area (Å²) >= 11 is 0. The van der Waals surface area contributed by atoms with Crippen LogP contribution in [0, 0.1) is 18.7 Å². The summed E-state index contributed by atoms with van der Waals surface area (Å²) in [4.78, 5) is 11.2. The van der Waals surface area contributed by atoms with Crippen LogP contribution in [-0.2, 0) is 10.4 Å². The SMILES string of the molecule is CC(=O)NCCCC(O)(c1cccc(F)c1-c1cccc(C)c1)C1CCCNC1. The smallest absolute Gasteiger partial charge is 0.216 e. The van der Waals surface area contributed by atoms with Gasteiger partial charge in [-0.15, -0.1) is 0 Å². The molecule has 1 saturated heterocycles. The standard InChI is InChI=1S/C24H31FN2O2/c1-17-7-3-8-19(15-17)23-21(10-4-11-22(23)25)24(29,12-6-14-27-18(2)28)20-9-5-13-26-16-20/h3-4,7-8,10-11,15,20,26,29H,5-6,9,12-14,16H2,1-2H3,(H,27,28). The number of aliphatic hydroxyl groups is 1. The van der Waals surface area contributed by atoms with Crippen molar-refractivity contribution in [3.8, 4) is 11.1 Å². The molecule has 2 aromatic carbocycles. The lowest BCUT2D eigenvalue weighted by Gasteiger charge is -2.40. The lowest BCUT2D eigenvalue weighted by molar-refractivity contribution is -0.119. The summed E-state index contributed by atoms with van der Waals surface area (Å²) in [7, 11) is 0. The molecule has 0 radical (unpaired) electrons. The van der Waals surface area contributed by atoms with Crippen molar-refractivity contribution in [1.29, 1.82) is 0 Å². The Morgan fingerprint density at radius 1 is 1.31 bits per heavy atom. The van der Waals surface area contributed by atoms with Crippen molar-refractivity contribution in [2.24, 2.45) is 5.92 Å². The molecule has 3 rings (SSSR count). The number of amides is 1. The van der Waals surface area contributed by atoms with Crippen LogP contribution in [0.5, 0.6) is 0 Å². The van der Waals surface area contributed by atoms with Gasteiger partial charge in [0.2, 0.25) is 5.91 Å². The van der Waals surface area contributed by atoms with E-state index in [4.69, 9.17) is 0 Å². The van der Waals surface area contributed by atoms with E-state index in [0.717, 1.165) is 30.5 Å². The summed E-state index contributed by atoms with van der Waals surface area (Å²) in [6.45, 7) is 5.59. The second-order valence-corrected chi connectivity index (χ2v) is 8.09. The quantitative estimate of drug-likeness (QED) is 0.620. The van der Waals surface area contributed by atoms with Gasteiger partial charge in [0, 0.05) is 31.5 Å². The molecule has 2 aromatic rings. The van der Waals surface area contributed by atoms with Crippen LogP contribution < -0.4 is 10.6 Å². The van der Waals surface area contributed by atoms with Crippen molar-refractivity contribution in [3.63, 3.8) is 0 Å². The molecule has 0 spiro atoms. The van der Waals surface area contributed by atoms with E-state index >= 15 is 4.39 Å². The van der Waals surface area contributed by atoms with Crippen LogP contribution in [0.4, 0.5) is 4.39 Å². The number of nitrogens with one attached hydrogen (secondary N) is 2. The zero-order chi connectivity index (χ0) is 20.9. The van der Waals surface area contributed by atoms with Crippen LogP contribution in [-0.4, -0.2) is 30.6 Å². The summed E-state index contributed by atoms with van der Waals surface area (Å²) in [5.74, 6) is -0.421. The highest BCUT2D eigenvalue weighted by Crippen LogP contribution is 2.43. The number of aryl methyl sites for hydroxylation is 1. The molecule has 0 saturated carbocycles. The molecule has 1 aliphatic rings. The van der Waals surface area contributed by atoms with Gasteiger partial charge in [-0.1, -0.05) is 42.0 Å². The molecule has 0 aromatic heterocycles. The van der Waals surface area contributed by atoms with Gasteiger partial charge in [-0.05, 0) is 56.3 Å². The van der Waals surface area contributed by atoms with Gasteiger partial charge >= 0.3 is 0 Å². The minimum absolute atomic E-state index is 0.0149. The first kappa shape index (κ1) is 21.5. The lowest BCUT2D eigenvalue weighted by Crippen LogP contribution is -2.45. The van der Waals surface area contributed by atoms with Gasteiger partial charge in [0.1, 0.15) is 5.82 Å². The van der Waals surface area contributed by atoms with Crippen molar-refractivity contribution >= 4 is 5.91 Å². The fourth-order valence-corrected chi connectivity index (χ4v) is 4.42.